The highest BCUT2D eigenvalue weighted by atomic mass is 19.4. The molecule has 0 N–H and O–H groups in total. The second-order valence-corrected chi connectivity index (χ2v) is 4.05. The zero-order chi connectivity index (χ0) is 13.8. The molecule has 1 aromatic carbocycles. The minimum Gasteiger partial charge on any atom is -0.300 e. The van der Waals surface area contributed by atoms with Crippen molar-refractivity contribution < 1.29 is 22.8 Å². The van der Waals surface area contributed by atoms with E-state index < -0.39 is 11.7 Å². The molecule has 0 heterocycles. The van der Waals surface area contributed by atoms with Crippen LogP contribution in [0.3, 0.4) is 0 Å². The lowest BCUT2D eigenvalue weighted by molar-refractivity contribution is -0.137. The van der Waals surface area contributed by atoms with Crippen LogP contribution < -0.4 is 0 Å². The van der Waals surface area contributed by atoms with Crippen LogP contribution in [0.5, 0.6) is 0 Å². The number of benzene rings is 1. The van der Waals surface area contributed by atoms with Crippen LogP contribution in [0.1, 0.15) is 42.1 Å². The summed E-state index contributed by atoms with van der Waals surface area (Å²) in [5.41, 5.74) is -0.533. The van der Waals surface area contributed by atoms with Crippen molar-refractivity contribution in [3.05, 3.63) is 35.4 Å². The Labute approximate surface area is 103 Å². The highest BCUT2D eigenvalue weighted by Crippen LogP contribution is 2.29. The van der Waals surface area contributed by atoms with Crippen molar-refractivity contribution in [2.75, 3.05) is 0 Å². The minimum atomic E-state index is -4.39. The summed E-state index contributed by atoms with van der Waals surface area (Å²) in [7, 11) is 0. The number of rotatable bonds is 5. The molecule has 0 fully saturated rings. The maximum absolute atomic E-state index is 12.3. The van der Waals surface area contributed by atoms with Crippen molar-refractivity contribution in [1.82, 2.24) is 0 Å². The van der Waals surface area contributed by atoms with E-state index in [0.29, 0.717) is 12.8 Å². The zero-order valence-corrected chi connectivity index (χ0v) is 9.88. The normalized spacial score (nSPS) is 11.3. The summed E-state index contributed by atoms with van der Waals surface area (Å²) in [5, 5.41) is 0. The van der Waals surface area contributed by atoms with Gasteiger partial charge < -0.3 is 4.79 Å². The molecule has 0 bridgehead atoms. The number of hydrogen-bond acceptors (Lipinski definition) is 2. The van der Waals surface area contributed by atoms with E-state index in [1.54, 1.807) is 0 Å². The van der Waals surface area contributed by atoms with Crippen molar-refractivity contribution in [2.45, 2.75) is 32.4 Å². The molecule has 0 aliphatic heterocycles. The van der Waals surface area contributed by atoms with Crippen molar-refractivity contribution >= 4 is 11.6 Å². The Morgan fingerprint density at radius 2 is 1.61 bits per heavy atom. The van der Waals surface area contributed by atoms with Crippen molar-refractivity contribution in [3.63, 3.8) is 0 Å². The summed E-state index contributed by atoms with van der Waals surface area (Å²) in [6, 6.07) is 4.11. The van der Waals surface area contributed by atoms with Gasteiger partial charge in [-0.3, -0.25) is 4.79 Å². The lowest BCUT2D eigenvalue weighted by Gasteiger charge is -2.07. The first-order valence-corrected chi connectivity index (χ1v) is 5.50. The smallest absolute Gasteiger partial charge is 0.300 e. The molecule has 1 aromatic rings. The SMILES string of the molecule is CC(=O)CCCC(=O)c1ccc(C(F)(F)F)cc1. The first-order valence-electron chi connectivity index (χ1n) is 5.50. The minimum absolute atomic E-state index is 0.00443. The van der Waals surface area contributed by atoms with Gasteiger partial charge in [-0.15, -0.1) is 0 Å². The van der Waals surface area contributed by atoms with Gasteiger partial charge in [0.05, 0.1) is 5.56 Å². The average Bonchev–Trinajstić information content (AvgIpc) is 2.27. The molecule has 0 aliphatic rings. The van der Waals surface area contributed by atoms with Gasteiger partial charge >= 0.3 is 6.18 Å². The first kappa shape index (κ1) is 14.4. The second kappa shape index (κ2) is 5.80. The van der Waals surface area contributed by atoms with E-state index in [2.05, 4.69) is 0 Å². The predicted octanol–water partition coefficient (Wildman–Crippen LogP) is 3.65. The highest BCUT2D eigenvalue weighted by molar-refractivity contribution is 5.96. The Kier molecular flexibility index (Phi) is 4.64. The number of carbonyl (C=O) groups excluding carboxylic acids is 2. The maximum Gasteiger partial charge on any atom is 0.416 e. The average molecular weight is 258 g/mol. The quantitative estimate of drug-likeness (QED) is 0.755. The van der Waals surface area contributed by atoms with Gasteiger partial charge in [0.15, 0.2) is 5.78 Å². The van der Waals surface area contributed by atoms with Crippen LogP contribution in [0.15, 0.2) is 24.3 Å². The molecule has 0 unspecified atom stereocenters. The Morgan fingerprint density at radius 3 is 2.06 bits per heavy atom. The summed E-state index contributed by atoms with van der Waals surface area (Å²) in [4.78, 5) is 22.3. The third-order valence-corrected chi connectivity index (χ3v) is 2.47. The molecule has 0 saturated heterocycles. The molecule has 0 aromatic heterocycles. The number of Topliss-reactive ketones (excluding diaryl/α,β-unsaturated/α-hetero) is 2. The molecule has 0 radical (unpaired) electrons. The maximum atomic E-state index is 12.3. The van der Waals surface area contributed by atoms with Crippen molar-refractivity contribution in [3.8, 4) is 0 Å². The second-order valence-electron chi connectivity index (χ2n) is 4.05. The van der Waals surface area contributed by atoms with E-state index in [1.165, 1.54) is 19.1 Å². The molecule has 0 atom stereocenters. The van der Waals surface area contributed by atoms with Crippen molar-refractivity contribution in [1.29, 1.82) is 0 Å². The fourth-order valence-corrected chi connectivity index (χ4v) is 1.49. The molecule has 5 heteroatoms. The fraction of sp³-hybridized carbons (Fsp3) is 0.385. The largest absolute Gasteiger partial charge is 0.416 e. The number of hydrogen-bond donors (Lipinski definition) is 0. The van der Waals surface area contributed by atoms with Gasteiger partial charge in [-0.2, -0.15) is 13.2 Å². The topological polar surface area (TPSA) is 34.1 Å². The Bertz CT molecular complexity index is 433. The summed E-state index contributed by atoms with van der Waals surface area (Å²) >= 11 is 0. The van der Waals surface area contributed by atoms with Crippen LogP contribution >= 0.6 is 0 Å². The molecule has 0 aliphatic carbocycles. The van der Waals surface area contributed by atoms with Gasteiger partial charge in [0.25, 0.3) is 0 Å². The summed E-state index contributed by atoms with van der Waals surface area (Å²) in [5.74, 6) is -0.250. The fourth-order valence-electron chi connectivity index (χ4n) is 1.49. The van der Waals surface area contributed by atoms with Crippen LogP contribution in [0.25, 0.3) is 0 Å². The molecule has 98 valence electrons. The third kappa shape index (κ3) is 4.31. The third-order valence-electron chi connectivity index (χ3n) is 2.47. The van der Waals surface area contributed by atoms with Crippen LogP contribution in [0.2, 0.25) is 0 Å². The van der Waals surface area contributed by atoms with Gasteiger partial charge in [-0.1, -0.05) is 12.1 Å². The molecule has 0 spiro atoms. The van der Waals surface area contributed by atoms with Crippen molar-refractivity contribution in [2.24, 2.45) is 0 Å². The van der Waals surface area contributed by atoms with Crippen LogP contribution in [0, 0.1) is 0 Å². The molecule has 0 saturated carbocycles. The molecular weight excluding hydrogens is 245 g/mol. The van der Waals surface area contributed by atoms with E-state index in [1.807, 2.05) is 0 Å². The summed E-state index contributed by atoms with van der Waals surface area (Å²) in [6.45, 7) is 1.43. The monoisotopic (exact) mass is 258 g/mol. The van der Waals surface area contributed by atoms with Gasteiger partial charge in [0.2, 0.25) is 0 Å². The lowest BCUT2D eigenvalue weighted by Crippen LogP contribution is -2.06. The Morgan fingerprint density at radius 1 is 1.06 bits per heavy atom. The first-order chi connectivity index (χ1) is 8.30. The highest BCUT2D eigenvalue weighted by Gasteiger charge is 2.30. The number of ketones is 2. The van der Waals surface area contributed by atoms with Crippen LogP contribution in [-0.2, 0) is 11.0 Å². The molecule has 18 heavy (non-hydrogen) atoms. The van der Waals surface area contributed by atoms with Gasteiger partial charge in [-0.25, -0.2) is 0 Å². The number of carbonyl (C=O) groups is 2. The van der Waals surface area contributed by atoms with Crippen LogP contribution in [0.4, 0.5) is 13.2 Å². The number of halogens is 3. The molecule has 0 amide bonds. The van der Waals surface area contributed by atoms with Gasteiger partial charge in [0.1, 0.15) is 5.78 Å². The van der Waals surface area contributed by atoms with E-state index >= 15 is 0 Å². The van der Waals surface area contributed by atoms with E-state index in [0.717, 1.165) is 12.1 Å². The summed E-state index contributed by atoms with van der Waals surface area (Å²) < 4.78 is 36.9. The summed E-state index contributed by atoms with van der Waals surface area (Å²) in [6.07, 6.45) is -3.48. The van der Waals surface area contributed by atoms with Gasteiger partial charge in [0, 0.05) is 18.4 Å². The Balaban J connectivity index is 2.62. The van der Waals surface area contributed by atoms with E-state index in [-0.39, 0.29) is 23.6 Å². The molecular formula is C13H13F3O2. The molecule has 2 nitrogen and oxygen atoms in total. The standard InChI is InChI=1S/C13H13F3O2/c1-9(17)3-2-4-12(18)10-5-7-11(8-6-10)13(14,15)16/h5-8H,2-4H2,1H3. The number of alkyl halides is 3. The molecule has 1 rings (SSSR count). The van der Waals surface area contributed by atoms with Crippen LogP contribution in [-0.4, -0.2) is 11.6 Å². The Hall–Kier alpha value is -1.65. The zero-order valence-electron chi connectivity index (χ0n) is 9.88. The predicted molar refractivity (Wildman–Crippen MR) is 60.3 cm³/mol. The van der Waals surface area contributed by atoms with Gasteiger partial charge in [-0.05, 0) is 25.5 Å². The van der Waals surface area contributed by atoms with E-state index in [9.17, 15) is 22.8 Å². The van der Waals surface area contributed by atoms with E-state index in [4.69, 9.17) is 0 Å². The lowest BCUT2D eigenvalue weighted by atomic mass is 10.0.